The Hall–Kier alpha value is -0.860. The first-order valence-electron chi connectivity index (χ1n) is 5.55. The maximum absolute atomic E-state index is 5.69. The van der Waals surface area contributed by atoms with Crippen LogP contribution in [0.1, 0.15) is 18.4 Å². The Kier molecular flexibility index (Phi) is 3.08. The molecule has 2 nitrogen and oxygen atoms in total. The molecule has 0 spiro atoms. The van der Waals surface area contributed by atoms with E-state index in [1.165, 1.54) is 18.4 Å². The fraction of sp³-hybridized carbons (Fsp3) is 0.538. The summed E-state index contributed by atoms with van der Waals surface area (Å²) in [4.78, 5) is 0. The van der Waals surface area contributed by atoms with Gasteiger partial charge in [-0.25, -0.2) is 0 Å². The fourth-order valence-corrected chi connectivity index (χ4v) is 2.72. The molecule has 0 radical (unpaired) electrons. The van der Waals surface area contributed by atoms with Crippen LogP contribution in [0, 0.1) is 5.92 Å². The third kappa shape index (κ3) is 1.92. The summed E-state index contributed by atoms with van der Waals surface area (Å²) in [6, 6.07) is 10.7. The Labute approximate surface area is 91.4 Å². The number of hydrogen-bond donors (Lipinski definition) is 1. The largest absolute Gasteiger partial charge is 0.384 e. The van der Waals surface area contributed by atoms with Gasteiger partial charge in [0.15, 0.2) is 0 Å². The van der Waals surface area contributed by atoms with E-state index in [0.717, 1.165) is 13.2 Å². The molecule has 0 aromatic heterocycles. The Bertz CT molecular complexity index is 304. The second-order valence-corrected chi connectivity index (χ2v) is 4.59. The van der Waals surface area contributed by atoms with E-state index >= 15 is 0 Å². The molecule has 1 fully saturated rings. The fourth-order valence-electron chi connectivity index (χ4n) is 2.72. The van der Waals surface area contributed by atoms with Crippen LogP contribution in [0.15, 0.2) is 30.3 Å². The zero-order valence-corrected chi connectivity index (χ0v) is 9.28. The molecule has 1 aliphatic rings. The molecule has 2 rings (SSSR count). The Morgan fingerprint density at radius 1 is 1.33 bits per heavy atom. The maximum Gasteiger partial charge on any atom is 0.0559 e. The number of benzene rings is 1. The van der Waals surface area contributed by atoms with Crippen molar-refractivity contribution >= 4 is 0 Å². The van der Waals surface area contributed by atoms with Crippen LogP contribution in [0.2, 0.25) is 0 Å². The van der Waals surface area contributed by atoms with Gasteiger partial charge in [0.2, 0.25) is 0 Å². The summed E-state index contributed by atoms with van der Waals surface area (Å²) < 4.78 is 5.36. The first-order chi connectivity index (χ1) is 7.30. The quantitative estimate of drug-likeness (QED) is 0.815. The normalized spacial score (nSPS) is 29.9. The van der Waals surface area contributed by atoms with Gasteiger partial charge in [-0.3, -0.25) is 0 Å². The summed E-state index contributed by atoms with van der Waals surface area (Å²) >= 11 is 0. The van der Waals surface area contributed by atoms with Crippen molar-refractivity contribution in [1.29, 1.82) is 0 Å². The van der Waals surface area contributed by atoms with Gasteiger partial charge in [0.1, 0.15) is 0 Å². The number of methoxy groups -OCH3 is 1. The van der Waals surface area contributed by atoms with Gasteiger partial charge < -0.3 is 10.5 Å². The topological polar surface area (TPSA) is 35.2 Å². The molecule has 2 heteroatoms. The third-order valence-corrected chi connectivity index (χ3v) is 3.50. The number of hydrogen-bond acceptors (Lipinski definition) is 2. The molecule has 82 valence electrons. The van der Waals surface area contributed by atoms with Crippen LogP contribution < -0.4 is 5.73 Å². The van der Waals surface area contributed by atoms with Gasteiger partial charge >= 0.3 is 0 Å². The van der Waals surface area contributed by atoms with E-state index < -0.39 is 0 Å². The van der Waals surface area contributed by atoms with Crippen molar-refractivity contribution in [3.05, 3.63) is 35.9 Å². The summed E-state index contributed by atoms with van der Waals surface area (Å²) in [5, 5.41) is 0. The molecule has 2 N–H and O–H groups in total. The zero-order valence-electron chi connectivity index (χ0n) is 9.28. The Morgan fingerprint density at radius 3 is 2.53 bits per heavy atom. The monoisotopic (exact) mass is 205 g/mol. The average molecular weight is 205 g/mol. The van der Waals surface area contributed by atoms with Crippen molar-refractivity contribution < 1.29 is 4.74 Å². The molecular formula is C13H19NO. The molecule has 0 amide bonds. The lowest BCUT2D eigenvalue weighted by atomic mass is 9.59. The highest BCUT2D eigenvalue weighted by atomic mass is 16.5. The minimum atomic E-state index is 0.236. The number of ether oxygens (including phenoxy) is 1. The van der Waals surface area contributed by atoms with Crippen LogP contribution in [0.3, 0.4) is 0 Å². The van der Waals surface area contributed by atoms with E-state index in [1.54, 1.807) is 7.11 Å². The van der Waals surface area contributed by atoms with Crippen molar-refractivity contribution in [2.45, 2.75) is 18.3 Å². The molecule has 1 aromatic carbocycles. The lowest BCUT2D eigenvalue weighted by Gasteiger charge is -2.47. The van der Waals surface area contributed by atoms with E-state index in [2.05, 4.69) is 30.3 Å². The molecular weight excluding hydrogens is 186 g/mol. The first-order valence-corrected chi connectivity index (χ1v) is 5.55. The minimum Gasteiger partial charge on any atom is -0.384 e. The first kappa shape index (κ1) is 10.7. The summed E-state index contributed by atoms with van der Waals surface area (Å²) in [5.41, 5.74) is 7.32. The van der Waals surface area contributed by atoms with Crippen LogP contribution in [-0.4, -0.2) is 20.3 Å². The molecule has 1 aliphatic carbocycles. The highest BCUT2D eigenvalue weighted by molar-refractivity contribution is 5.29. The second-order valence-electron chi connectivity index (χ2n) is 4.59. The van der Waals surface area contributed by atoms with Crippen molar-refractivity contribution in [3.63, 3.8) is 0 Å². The van der Waals surface area contributed by atoms with Gasteiger partial charge in [0, 0.05) is 12.5 Å². The van der Waals surface area contributed by atoms with Gasteiger partial charge in [0.25, 0.3) is 0 Å². The molecule has 0 bridgehead atoms. The van der Waals surface area contributed by atoms with Crippen LogP contribution in [0.25, 0.3) is 0 Å². The predicted octanol–water partition coefficient (Wildman–Crippen LogP) is 1.94. The molecule has 1 aromatic rings. The smallest absolute Gasteiger partial charge is 0.0559 e. The van der Waals surface area contributed by atoms with Crippen molar-refractivity contribution in [1.82, 2.24) is 0 Å². The minimum absolute atomic E-state index is 0.236. The van der Waals surface area contributed by atoms with E-state index in [-0.39, 0.29) is 5.41 Å². The summed E-state index contributed by atoms with van der Waals surface area (Å²) in [7, 11) is 1.78. The number of nitrogens with two attached hydrogens (primary N) is 1. The lowest BCUT2D eigenvalue weighted by Crippen LogP contribution is -2.47. The lowest BCUT2D eigenvalue weighted by molar-refractivity contribution is 0.0423. The van der Waals surface area contributed by atoms with Gasteiger partial charge in [-0.2, -0.15) is 0 Å². The maximum atomic E-state index is 5.69. The summed E-state index contributed by atoms with van der Waals surface area (Å²) in [5.74, 6) is 0.681. The van der Waals surface area contributed by atoms with Crippen molar-refractivity contribution in [2.75, 3.05) is 20.3 Å². The molecule has 0 saturated heterocycles. The van der Waals surface area contributed by atoms with E-state index in [9.17, 15) is 0 Å². The zero-order chi connectivity index (χ0) is 10.7. The average Bonchev–Trinajstić information content (AvgIpc) is 2.24. The van der Waals surface area contributed by atoms with E-state index in [4.69, 9.17) is 10.5 Å². The SMILES string of the molecule is COCC1(c2ccccc2)CC(CN)C1. The van der Waals surface area contributed by atoms with Crippen LogP contribution in [0.4, 0.5) is 0 Å². The van der Waals surface area contributed by atoms with Crippen LogP contribution in [0.5, 0.6) is 0 Å². The van der Waals surface area contributed by atoms with Crippen LogP contribution in [-0.2, 0) is 10.2 Å². The molecule has 0 heterocycles. The Morgan fingerprint density at radius 2 is 2.00 bits per heavy atom. The highest BCUT2D eigenvalue weighted by Gasteiger charge is 2.44. The van der Waals surface area contributed by atoms with Gasteiger partial charge in [-0.15, -0.1) is 0 Å². The standard InChI is InChI=1S/C13H19NO/c1-15-10-13(7-11(8-13)9-14)12-5-3-2-4-6-12/h2-6,11H,7-10,14H2,1H3. The van der Waals surface area contributed by atoms with E-state index in [0.29, 0.717) is 5.92 Å². The second kappa shape index (κ2) is 4.33. The third-order valence-electron chi connectivity index (χ3n) is 3.50. The summed E-state index contributed by atoms with van der Waals surface area (Å²) in [6.07, 6.45) is 2.34. The number of rotatable bonds is 4. The molecule has 1 saturated carbocycles. The van der Waals surface area contributed by atoms with Gasteiger partial charge in [-0.05, 0) is 30.9 Å². The van der Waals surface area contributed by atoms with Crippen molar-refractivity contribution in [2.24, 2.45) is 11.7 Å². The molecule has 0 aliphatic heterocycles. The molecule has 15 heavy (non-hydrogen) atoms. The Balaban J connectivity index is 2.15. The van der Waals surface area contributed by atoms with Crippen molar-refractivity contribution in [3.8, 4) is 0 Å². The molecule has 0 unspecified atom stereocenters. The van der Waals surface area contributed by atoms with E-state index in [1.807, 2.05) is 0 Å². The van der Waals surface area contributed by atoms with Gasteiger partial charge in [-0.1, -0.05) is 30.3 Å². The van der Waals surface area contributed by atoms with Crippen LogP contribution >= 0.6 is 0 Å². The predicted molar refractivity (Wildman–Crippen MR) is 61.8 cm³/mol. The van der Waals surface area contributed by atoms with Gasteiger partial charge in [0.05, 0.1) is 6.61 Å². The molecule has 0 atom stereocenters. The summed E-state index contributed by atoms with van der Waals surface area (Å²) in [6.45, 7) is 1.62. The highest BCUT2D eigenvalue weighted by Crippen LogP contribution is 2.47.